The Morgan fingerprint density at radius 2 is 2.11 bits per heavy atom. The van der Waals surface area contributed by atoms with Crippen LogP contribution in [0, 0.1) is 5.82 Å². The van der Waals surface area contributed by atoms with Gasteiger partial charge in [0.1, 0.15) is 5.82 Å². The number of hydrogen-bond donors (Lipinski definition) is 1. The van der Waals surface area contributed by atoms with Crippen LogP contribution < -0.4 is 5.32 Å². The second-order valence-electron chi connectivity index (χ2n) is 4.67. The van der Waals surface area contributed by atoms with Crippen molar-refractivity contribution in [3.63, 3.8) is 0 Å². The smallest absolute Gasteiger partial charge is 0.126 e. The summed E-state index contributed by atoms with van der Waals surface area (Å²) >= 11 is 7.86. The molecule has 1 aromatic rings. The van der Waals surface area contributed by atoms with E-state index in [9.17, 15) is 4.39 Å². The zero-order valence-electron chi connectivity index (χ0n) is 11.7. The largest absolute Gasteiger partial charge is 0.313 e. The van der Waals surface area contributed by atoms with Crippen LogP contribution in [0.1, 0.15) is 32.3 Å². The van der Waals surface area contributed by atoms with Gasteiger partial charge in [0.2, 0.25) is 0 Å². The van der Waals surface area contributed by atoms with Crippen LogP contribution in [0.4, 0.5) is 4.39 Å². The van der Waals surface area contributed by atoms with E-state index in [0.717, 1.165) is 24.5 Å². The van der Waals surface area contributed by atoms with Crippen LogP contribution >= 0.6 is 23.4 Å². The first-order valence-corrected chi connectivity index (χ1v) is 8.45. The SMILES string of the molecule is CCCNC(CSCCC)Cc1cc(Cl)ccc1F. The summed E-state index contributed by atoms with van der Waals surface area (Å²) in [6, 6.07) is 5.10. The summed E-state index contributed by atoms with van der Waals surface area (Å²) in [4.78, 5) is 0. The number of thioether (sulfide) groups is 1. The molecule has 0 bridgehead atoms. The van der Waals surface area contributed by atoms with Crippen LogP contribution in [0.25, 0.3) is 0 Å². The standard InChI is InChI=1S/C15H23ClFNS/c1-3-7-18-14(11-19-8-4-2)10-12-9-13(16)5-6-15(12)17/h5-6,9,14,18H,3-4,7-8,10-11H2,1-2H3. The van der Waals surface area contributed by atoms with Gasteiger partial charge in [0.25, 0.3) is 0 Å². The highest BCUT2D eigenvalue weighted by Gasteiger charge is 2.12. The van der Waals surface area contributed by atoms with Gasteiger partial charge in [0.05, 0.1) is 0 Å². The predicted octanol–water partition coefficient (Wildman–Crippen LogP) is 4.53. The molecule has 0 saturated carbocycles. The molecule has 4 heteroatoms. The second kappa shape index (κ2) is 9.62. The quantitative estimate of drug-likeness (QED) is 0.673. The molecule has 19 heavy (non-hydrogen) atoms. The molecule has 0 spiro atoms. The zero-order chi connectivity index (χ0) is 14.1. The molecular weight excluding hydrogens is 281 g/mol. The van der Waals surface area contributed by atoms with E-state index in [-0.39, 0.29) is 5.82 Å². The van der Waals surface area contributed by atoms with Gasteiger partial charge in [-0.05, 0) is 55.3 Å². The Bertz CT molecular complexity index is 373. The van der Waals surface area contributed by atoms with Gasteiger partial charge in [-0.15, -0.1) is 0 Å². The summed E-state index contributed by atoms with van der Waals surface area (Å²) in [5.74, 6) is 2.01. The highest BCUT2D eigenvalue weighted by atomic mass is 35.5. The lowest BCUT2D eigenvalue weighted by atomic mass is 10.1. The molecule has 1 rings (SSSR count). The van der Waals surface area contributed by atoms with Crippen LogP contribution in [0.15, 0.2) is 18.2 Å². The molecule has 1 N–H and O–H groups in total. The van der Waals surface area contributed by atoms with E-state index >= 15 is 0 Å². The Morgan fingerprint density at radius 1 is 1.32 bits per heavy atom. The van der Waals surface area contributed by atoms with E-state index in [2.05, 4.69) is 19.2 Å². The van der Waals surface area contributed by atoms with E-state index in [1.807, 2.05) is 11.8 Å². The fourth-order valence-electron chi connectivity index (χ4n) is 1.87. The maximum atomic E-state index is 13.7. The summed E-state index contributed by atoms with van der Waals surface area (Å²) in [5, 5.41) is 4.10. The molecule has 1 atom stereocenters. The summed E-state index contributed by atoms with van der Waals surface area (Å²) in [6.45, 7) is 5.29. The van der Waals surface area contributed by atoms with E-state index < -0.39 is 0 Å². The van der Waals surface area contributed by atoms with Crippen molar-refractivity contribution in [3.8, 4) is 0 Å². The molecule has 0 radical (unpaired) electrons. The molecule has 0 aromatic heterocycles. The summed E-state index contributed by atoms with van der Waals surface area (Å²) in [6.07, 6.45) is 2.97. The fraction of sp³-hybridized carbons (Fsp3) is 0.600. The summed E-state index contributed by atoms with van der Waals surface area (Å²) in [5.41, 5.74) is 0.707. The average molecular weight is 304 g/mol. The highest BCUT2D eigenvalue weighted by molar-refractivity contribution is 7.99. The fourth-order valence-corrected chi connectivity index (χ4v) is 3.04. The third kappa shape index (κ3) is 6.64. The van der Waals surface area contributed by atoms with Gasteiger partial charge in [-0.2, -0.15) is 11.8 Å². The van der Waals surface area contributed by atoms with Crippen LogP contribution in [0.5, 0.6) is 0 Å². The first kappa shape index (κ1) is 16.8. The van der Waals surface area contributed by atoms with Crippen LogP contribution in [0.2, 0.25) is 5.02 Å². The molecule has 0 aliphatic rings. The van der Waals surface area contributed by atoms with Crippen molar-refractivity contribution < 1.29 is 4.39 Å². The van der Waals surface area contributed by atoms with Gasteiger partial charge in [0.15, 0.2) is 0 Å². The lowest BCUT2D eigenvalue weighted by Crippen LogP contribution is -2.34. The first-order valence-electron chi connectivity index (χ1n) is 6.92. The van der Waals surface area contributed by atoms with Crippen molar-refractivity contribution in [2.75, 3.05) is 18.1 Å². The molecule has 1 nitrogen and oxygen atoms in total. The summed E-state index contributed by atoms with van der Waals surface area (Å²) < 4.78 is 13.7. The monoisotopic (exact) mass is 303 g/mol. The molecule has 108 valence electrons. The van der Waals surface area contributed by atoms with E-state index in [1.165, 1.54) is 12.5 Å². The number of rotatable bonds is 9. The third-order valence-corrected chi connectivity index (χ3v) is 4.39. The second-order valence-corrected chi connectivity index (χ2v) is 6.25. The van der Waals surface area contributed by atoms with Crippen LogP contribution in [-0.4, -0.2) is 24.1 Å². The van der Waals surface area contributed by atoms with E-state index in [4.69, 9.17) is 11.6 Å². The topological polar surface area (TPSA) is 12.0 Å². The zero-order valence-corrected chi connectivity index (χ0v) is 13.3. The van der Waals surface area contributed by atoms with Crippen molar-refractivity contribution in [1.82, 2.24) is 5.32 Å². The van der Waals surface area contributed by atoms with Crippen LogP contribution in [0.3, 0.4) is 0 Å². The number of hydrogen-bond acceptors (Lipinski definition) is 2. The van der Waals surface area contributed by atoms with Gasteiger partial charge in [-0.25, -0.2) is 4.39 Å². The van der Waals surface area contributed by atoms with Crippen molar-refractivity contribution >= 4 is 23.4 Å². The number of benzene rings is 1. The maximum Gasteiger partial charge on any atom is 0.126 e. The minimum Gasteiger partial charge on any atom is -0.313 e. The van der Waals surface area contributed by atoms with E-state index in [1.54, 1.807) is 12.1 Å². The Hall–Kier alpha value is -0.250. The average Bonchev–Trinajstić information content (AvgIpc) is 2.40. The normalized spacial score (nSPS) is 12.6. The lowest BCUT2D eigenvalue weighted by Gasteiger charge is -2.18. The number of halogens is 2. The Balaban J connectivity index is 2.61. The van der Waals surface area contributed by atoms with Gasteiger partial charge in [-0.1, -0.05) is 25.4 Å². The molecule has 1 aromatic carbocycles. The van der Waals surface area contributed by atoms with Gasteiger partial charge < -0.3 is 5.32 Å². The molecular formula is C15H23ClFNS. The maximum absolute atomic E-state index is 13.7. The minimum atomic E-state index is -0.159. The van der Waals surface area contributed by atoms with Gasteiger partial charge >= 0.3 is 0 Å². The first-order chi connectivity index (χ1) is 9.17. The molecule has 0 amide bonds. The van der Waals surface area contributed by atoms with E-state index in [0.29, 0.717) is 23.0 Å². The molecule has 0 aliphatic heterocycles. The molecule has 0 heterocycles. The molecule has 0 saturated heterocycles. The lowest BCUT2D eigenvalue weighted by molar-refractivity contribution is 0.530. The molecule has 0 aliphatic carbocycles. The number of nitrogens with one attached hydrogen (secondary N) is 1. The Labute approximate surface area is 125 Å². The highest BCUT2D eigenvalue weighted by Crippen LogP contribution is 2.18. The summed E-state index contributed by atoms with van der Waals surface area (Å²) in [7, 11) is 0. The minimum absolute atomic E-state index is 0.159. The van der Waals surface area contributed by atoms with Gasteiger partial charge in [-0.3, -0.25) is 0 Å². The predicted molar refractivity (Wildman–Crippen MR) is 84.8 cm³/mol. The van der Waals surface area contributed by atoms with Crippen molar-refractivity contribution in [1.29, 1.82) is 0 Å². The van der Waals surface area contributed by atoms with Gasteiger partial charge in [0, 0.05) is 16.8 Å². The molecule has 1 unspecified atom stereocenters. The Morgan fingerprint density at radius 3 is 2.79 bits per heavy atom. The van der Waals surface area contributed by atoms with Crippen molar-refractivity contribution in [3.05, 3.63) is 34.6 Å². The van der Waals surface area contributed by atoms with Crippen molar-refractivity contribution in [2.45, 2.75) is 39.2 Å². The Kier molecular flexibility index (Phi) is 8.51. The molecule has 0 fully saturated rings. The van der Waals surface area contributed by atoms with Crippen molar-refractivity contribution in [2.24, 2.45) is 0 Å². The third-order valence-electron chi connectivity index (χ3n) is 2.82. The van der Waals surface area contributed by atoms with Crippen LogP contribution in [-0.2, 0) is 6.42 Å².